The first kappa shape index (κ1) is 24.5. The number of anilines is 1. The molecule has 36 heavy (non-hydrogen) atoms. The third-order valence-electron chi connectivity index (χ3n) is 6.34. The SMILES string of the molecule is CCc1cccc2sc(N(Cc3cccnc3)C(=O)C3CCCN3S(=O)(=O)c3ccc(F)cc3)nc12. The molecule has 1 unspecified atom stereocenters. The van der Waals surface area contributed by atoms with Crippen LogP contribution in [0.25, 0.3) is 10.2 Å². The molecule has 2 aromatic heterocycles. The second kappa shape index (κ2) is 10.0. The minimum absolute atomic E-state index is 0.0324. The molecule has 0 saturated carbocycles. The van der Waals surface area contributed by atoms with Gasteiger partial charge >= 0.3 is 0 Å². The van der Waals surface area contributed by atoms with Gasteiger partial charge in [-0.2, -0.15) is 4.31 Å². The van der Waals surface area contributed by atoms with Gasteiger partial charge in [-0.3, -0.25) is 14.7 Å². The summed E-state index contributed by atoms with van der Waals surface area (Å²) in [5.74, 6) is -0.855. The van der Waals surface area contributed by atoms with E-state index in [2.05, 4.69) is 11.9 Å². The van der Waals surface area contributed by atoms with Gasteiger partial charge in [-0.15, -0.1) is 0 Å². The minimum Gasteiger partial charge on any atom is -0.282 e. The number of benzene rings is 2. The maximum absolute atomic E-state index is 14.0. The third-order valence-corrected chi connectivity index (χ3v) is 9.31. The summed E-state index contributed by atoms with van der Waals surface area (Å²) in [4.78, 5) is 24.6. The molecule has 0 aliphatic carbocycles. The Balaban J connectivity index is 1.53. The van der Waals surface area contributed by atoms with E-state index in [1.165, 1.54) is 27.8 Å². The smallest absolute Gasteiger partial charge is 0.247 e. The molecular weight excluding hydrogens is 499 g/mol. The zero-order valence-corrected chi connectivity index (χ0v) is 21.3. The zero-order valence-electron chi connectivity index (χ0n) is 19.7. The number of rotatable bonds is 7. The van der Waals surface area contributed by atoms with Crippen LogP contribution in [0.1, 0.15) is 30.9 Å². The number of sulfonamides is 1. The largest absolute Gasteiger partial charge is 0.282 e. The molecule has 1 aliphatic rings. The average molecular weight is 525 g/mol. The standard InChI is InChI=1S/C26H25FN4O3S2/c1-2-19-7-3-9-23-24(19)29-26(35-23)30(17-18-6-4-14-28-16-18)25(32)22-8-5-15-31(22)36(33,34)21-12-10-20(27)11-13-21/h3-4,6-7,9-14,16,22H,2,5,8,15,17H2,1H3. The van der Waals surface area contributed by atoms with Crippen molar-refractivity contribution in [3.8, 4) is 0 Å². The van der Waals surface area contributed by atoms with Crippen LogP contribution in [0.4, 0.5) is 9.52 Å². The molecule has 1 aliphatic heterocycles. The van der Waals surface area contributed by atoms with E-state index in [1.54, 1.807) is 23.4 Å². The van der Waals surface area contributed by atoms with Crippen molar-refractivity contribution in [2.75, 3.05) is 11.4 Å². The summed E-state index contributed by atoms with van der Waals surface area (Å²) in [7, 11) is -3.98. The number of amides is 1. The summed E-state index contributed by atoms with van der Waals surface area (Å²) >= 11 is 1.41. The normalized spacial score (nSPS) is 16.4. The van der Waals surface area contributed by atoms with Crippen molar-refractivity contribution in [2.45, 2.75) is 43.7 Å². The molecule has 1 fully saturated rings. The molecule has 3 heterocycles. The van der Waals surface area contributed by atoms with Crippen LogP contribution in [-0.2, 0) is 27.8 Å². The Labute approximate surface area is 213 Å². The number of carbonyl (C=O) groups excluding carboxylic acids is 1. The minimum atomic E-state index is -3.98. The summed E-state index contributed by atoms with van der Waals surface area (Å²) in [6.07, 6.45) is 5.11. The van der Waals surface area contributed by atoms with Gasteiger partial charge in [0, 0.05) is 18.9 Å². The molecule has 1 saturated heterocycles. The van der Waals surface area contributed by atoms with Crippen molar-refractivity contribution in [3.05, 3.63) is 83.9 Å². The molecule has 1 atom stereocenters. The van der Waals surface area contributed by atoms with Gasteiger partial charge in [0.25, 0.3) is 0 Å². The molecule has 0 radical (unpaired) electrons. The van der Waals surface area contributed by atoms with Crippen molar-refractivity contribution in [2.24, 2.45) is 0 Å². The highest BCUT2D eigenvalue weighted by Gasteiger charge is 2.42. The van der Waals surface area contributed by atoms with Gasteiger partial charge in [0.05, 0.1) is 21.7 Å². The van der Waals surface area contributed by atoms with E-state index in [4.69, 9.17) is 4.98 Å². The quantitative estimate of drug-likeness (QED) is 0.348. The molecule has 4 aromatic rings. The third kappa shape index (κ3) is 4.63. The van der Waals surface area contributed by atoms with Crippen molar-refractivity contribution in [3.63, 3.8) is 0 Å². The Morgan fingerprint density at radius 2 is 1.97 bits per heavy atom. The molecule has 2 aromatic carbocycles. The molecular formula is C26H25FN4O3S2. The fourth-order valence-electron chi connectivity index (χ4n) is 4.51. The van der Waals surface area contributed by atoms with E-state index < -0.39 is 21.9 Å². The predicted molar refractivity (Wildman–Crippen MR) is 138 cm³/mol. The zero-order chi connectivity index (χ0) is 25.3. The van der Waals surface area contributed by atoms with Gasteiger partial charge in [-0.05, 0) is 66.8 Å². The number of hydrogen-bond donors (Lipinski definition) is 0. The second-order valence-corrected chi connectivity index (χ2v) is 11.5. The monoisotopic (exact) mass is 524 g/mol. The lowest BCUT2D eigenvalue weighted by Gasteiger charge is -2.28. The van der Waals surface area contributed by atoms with Gasteiger partial charge in [0.1, 0.15) is 11.9 Å². The van der Waals surface area contributed by atoms with Crippen LogP contribution < -0.4 is 4.90 Å². The van der Waals surface area contributed by atoms with Crippen molar-refractivity contribution >= 4 is 42.6 Å². The number of halogens is 1. The average Bonchev–Trinajstić information content (AvgIpc) is 3.55. The number of fused-ring (bicyclic) bond motifs is 1. The van der Waals surface area contributed by atoms with Crippen LogP contribution in [0.15, 0.2) is 71.9 Å². The van der Waals surface area contributed by atoms with Crippen LogP contribution in [0.3, 0.4) is 0 Å². The van der Waals surface area contributed by atoms with Crippen molar-refractivity contribution in [1.29, 1.82) is 0 Å². The molecule has 0 N–H and O–H groups in total. The Bertz CT molecular complexity index is 1490. The first-order valence-corrected chi connectivity index (χ1v) is 14.0. The fourth-order valence-corrected chi connectivity index (χ4v) is 7.17. The van der Waals surface area contributed by atoms with Gasteiger partial charge in [0.2, 0.25) is 15.9 Å². The van der Waals surface area contributed by atoms with Gasteiger partial charge < -0.3 is 0 Å². The second-order valence-electron chi connectivity index (χ2n) is 8.63. The van der Waals surface area contributed by atoms with Gasteiger partial charge in [0.15, 0.2) is 5.13 Å². The number of thiazole rings is 1. The summed E-state index contributed by atoms with van der Waals surface area (Å²) in [5.41, 5.74) is 2.75. The van der Waals surface area contributed by atoms with Crippen LogP contribution in [0, 0.1) is 5.82 Å². The van der Waals surface area contributed by atoms with E-state index in [0.29, 0.717) is 18.0 Å². The highest BCUT2D eigenvalue weighted by atomic mass is 32.2. The van der Waals surface area contributed by atoms with E-state index in [0.717, 1.165) is 39.9 Å². The summed E-state index contributed by atoms with van der Waals surface area (Å²) in [6.45, 7) is 2.49. The molecule has 5 rings (SSSR count). The predicted octanol–water partition coefficient (Wildman–Crippen LogP) is 4.78. The van der Waals surface area contributed by atoms with E-state index in [9.17, 15) is 17.6 Å². The fraction of sp³-hybridized carbons (Fsp3) is 0.269. The number of nitrogens with zero attached hydrogens (tertiary/aromatic N) is 4. The molecule has 0 bridgehead atoms. The number of hydrogen-bond acceptors (Lipinski definition) is 6. The van der Waals surface area contributed by atoms with E-state index in [-0.39, 0.29) is 23.9 Å². The Hall–Kier alpha value is -3.21. The van der Waals surface area contributed by atoms with Crippen molar-refractivity contribution in [1.82, 2.24) is 14.3 Å². The Kier molecular flexibility index (Phi) is 6.83. The lowest BCUT2D eigenvalue weighted by molar-refractivity contribution is -0.121. The highest BCUT2D eigenvalue weighted by Crippen LogP contribution is 2.34. The summed E-state index contributed by atoms with van der Waals surface area (Å²) in [6, 6.07) is 13.5. The van der Waals surface area contributed by atoms with Gasteiger partial charge in [-0.1, -0.05) is 36.5 Å². The number of pyridine rings is 1. The van der Waals surface area contributed by atoms with Crippen LogP contribution >= 0.6 is 11.3 Å². The lowest BCUT2D eigenvalue weighted by Crippen LogP contribution is -2.47. The summed E-state index contributed by atoms with van der Waals surface area (Å²) < 4.78 is 42.5. The molecule has 7 nitrogen and oxygen atoms in total. The molecule has 1 amide bonds. The Morgan fingerprint density at radius 3 is 2.69 bits per heavy atom. The number of para-hydroxylation sites is 1. The van der Waals surface area contributed by atoms with Crippen LogP contribution in [0.2, 0.25) is 0 Å². The van der Waals surface area contributed by atoms with Crippen molar-refractivity contribution < 1.29 is 17.6 Å². The maximum atomic E-state index is 14.0. The first-order valence-electron chi connectivity index (χ1n) is 11.7. The number of aromatic nitrogens is 2. The summed E-state index contributed by atoms with van der Waals surface area (Å²) in [5, 5.41) is 0.519. The molecule has 186 valence electrons. The van der Waals surface area contributed by atoms with Gasteiger partial charge in [-0.25, -0.2) is 17.8 Å². The van der Waals surface area contributed by atoms with Crippen LogP contribution in [-0.4, -0.2) is 41.2 Å². The van der Waals surface area contributed by atoms with E-state index >= 15 is 0 Å². The first-order chi connectivity index (χ1) is 17.4. The topological polar surface area (TPSA) is 83.5 Å². The lowest BCUT2D eigenvalue weighted by atomic mass is 10.1. The molecule has 10 heteroatoms. The highest BCUT2D eigenvalue weighted by molar-refractivity contribution is 7.89. The Morgan fingerprint density at radius 1 is 1.17 bits per heavy atom. The number of carbonyl (C=O) groups is 1. The number of aryl methyl sites for hydroxylation is 1. The van der Waals surface area contributed by atoms with E-state index in [1.807, 2.05) is 24.3 Å². The molecule has 0 spiro atoms. The van der Waals surface area contributed by atoms with Crippen LogP contribution in [0.5, 0.6) is 0 Å². The maximum Gasteiger partial charge on any atom is 0.247 e.